The number of aromatic nitrogens is 2. The number of fused-ring (bicyclic) bond motifs is 1. The van der Waals surface area contributed by atoms with E-state index in [0.717, 1.165) is 15.6 Å². The fraction of sp³-hybridized carbons (Fsp3) is 0.133. The lowest BCUT2D eigenvalue weighted by Gasteiger charge is -2.03. The Hall–Kier alpha value is -1.53. The van der Waals surface area contributed by atoms with Crippen molar-refractivity contribution in [2.45, 2.75) is 10.9 Å². The smallest absolute Gasteiger partial charge is 0.200 e. The normalized spacial score (nSPS) is 12.7. The molecule has 0 aliphatic rings. The maximum absolute atomic E-state index is 13.2. The second-order valence-corrected chi connectivity index (χ2v) is 6.96. The number of hydrogen-bond acceptors (Lipinski definition) is 2. The van der Waals surface area contributed by atoms with Crippen molar-refractivity contribution >= 4 is 37.8 Å². The van der Waals surface area contributed by atoms with Gasteiger partial charge in [-0.3, -0.25) is 4.21 Å². The van der Waals surface area contributed by atoms with Gasteiger partial charge in [-0.05, 0) is 29.8 Å². The van der Waals surface area contributed by atoms with Crippen molar-refractivity contribution in [2.75, 3.05) is 0 Å². The second kappa shape index (κ2) is 5.69. The SMILES string of the molecule is Cn1c(S(=O)Cc2ccc(Br)cc2)nc2cc(F)ccc21. The van der Waals surface area contributed by atoms with Crippen LogP contribution in [0.4, 0.5) is 4.39 Å². The molecule has 0 spiro atoms. The summed E-state index contributed by atoms with van der Waals surface area (Å²) in [5.74, 6) is 0.0401. The van der Waals surface area contributed by atoms with Gasteiger partial charge in [0.2, 0.25) is 0 Å². The Morgan fingerprint density at radius 1 is 1.24 bits per heavy atom. The number of halogens is 2. The van der Waals surface area contributed by atoms with E-state index in [1.807, 2.05) is 24.3 Å². The molecule has 0 amide bonds. The minimum absolute atomic E-state index is 0.342. The van der Waals surface area contributed by atoms with Gasteiger partial charge < -0.3 is 4.57 Å². The predicted molar refractivity (Wildman–Crippen MR) is 84.9 cm³/mol. The molecule has 0 fully saturated rings. The quantitative estimate of drug-likeness (QED) is 0.706. The standard InChI is InChI=1S/C15H12BrFN2OS/c1-19-14-7-6-12(17)8-13(14)18-15(19)21(20)9-10-2-4-11(16)5-3-10/h2-8H,9H2,1H3. The van der Waals surface area contributed by atoms with E-state index in [-0.39, 0.29) is 5.82 Å². The van der Waals surface area contributed by atoms with Gasteiger partial charge in [-0.25, -0.2) is 9.37 Å². The number of hydrogen-bond donors (Lipinski definition) is 0. The number of imidazole rings is 1. The zero-order valence-electron chi connectivity index (χ0n) is 11.2. The van der Waals surface area contributed by atoms with Crippen molar-refractivity contribution in [1.82, 2.24) is 9.55 Å². The molecule has 21 heavy (non-hydrogen) atoms. The molecule has 0 aliphatic heterocycles. The van der Waals surface area contributed by atoms with Gasteiger partial charge in [0.15, 0.2) is 5.16 Å². The molecule has 3 aromatic rings. The average molecular weight is 367 g/mol. The average Bonchev–Trinajstić information content (AvgIpc) is 2.78. The minimum atomic E-state index is -1.28. The number of benzene rings is 2. The van der Waals surface area contributed by atoms with E-state index >= 15 is 0 Å². The van der Waals surface area contributed by atoms with E-state index in [0.29, 0.717) is 16.4 Å². The molecule has 0 aliphatic carbocycles. The highest BCUT2D eigenvalue weighted by molar-refractivity contribution is 9.10. The predicted octanol–water partition coefficient (Wildman–Crippen LogP) is 3.78. The van der Waals surface area contributed by atoms with Crippen LogP contribution in [0, 0.1) is 5.82 Å². The van der Waals surface area contributed by atoms with E-state index in [9.17, 15) is 8.60 Å². The molecule has 6 heteroatoms. The summed E-state index contributed by atoms with van der Waals surface area (Å²) >= 11 is 3.37. The van der Waals surface area contributed by atoms with E-state index < -0.39 is 10.8 Å². The van der Waals surface area contributed by atoms with Gasteiger partial charge in [0, 0.05) is 17.6 Å². The van der Waals surface area contributed by atoms with Gasteiger partial charge in [-0.1, -0.05) is 28.1 Å². The molecule has 0 radical (unpaired) electrons. The highest BCUT2D eigenvalue weighted by Crippen LogP contribution is 2.20. The minimum Gasteiger partial charge on any atom is -0.320 e. The Labute approximate surface area is 132 Å². The van der Waals surface area contributed by atoms with Crippen LogP contribution < -0.4 is 0 Å². The van der Waals surface area contributed by atoms with Crippen molar-refractivity contribution in [3.8, 4) is 0 Å². The monoisotopic (exact) mass is 366 g/mol. The van der Waals surface area contributed by atoms with Crippen LogP contribution in [0.15, 0.2) is 52.1 Å². The van der Waals surface area contributed by atoms with Crippen LogP contribution in [-0.4, -0.2) is 13.8 Å². The molecule has 0 saturated carbocycles. The maximum atomic E-state index is 13.2. The Bertz CT molecular complexity index is 830. The summed E-state index contributed by atoms with van der Waals surface area (Å²) in [6.07, 6.45) is 0. The molecule has 1 heterocycles. The second-order valence-electron chi connectivity index (χ2n) is 4.70. The van der Waals surface area contributed by atoms with Crippen LogP contribution in [0.5, 0.6) is 0 Å². The zero-order chi connectivity index (χ0) is 15.0. The largest absolute Gasteiger partial charge is 0.320 e. The molecule has 3 rings (SSSR count). The Kier molecular flexibility index (Phi) is 3.91. The first-order valence-corrected chi connectivity index (χ1v) is 8.40. The highest BCUT2D eigenvalue weighted by atomic mass is 79.9. The van der Waals surface area contributed by atoms with Crippen molar-refractivity contribution in [3.05, 3.63) is 58.3 Å². The lowest BCUT2D eigenvalue weighted by Crippen LogP contribution is -2.04. The zero-order valence-corrected chi connectivity index (χ0v) is 13.6. The Morgan fingerprint density at radius 3 is 2.67 bits per heavy atom. The first kappa shape index (κ1) is 14.4. The molecule has 108 valence electrons. The molecule has 0 bridgehead atoms. The van der Waals surface area contributed by atoms with Gasteiger partial charge in [-0.2, -0.15) is 0 Å². The molecular weight excluding hydrogens is 355 g/mol. The molecule has 1 aromatic heterocycles. The molecule has 0 saturated heterocycles. The lowest BCUT2D eigenvalue weighted by molar-refractivity contribution is 0.629. The van der Waals surface area contributed by atoms with Crippen molar-refractivity contribution < 1.29 is 8.60 Å². The first-order valence-electron chi connectivity index (χ1n) is 6.29. The maximum Gasteiger partial charge on any atom is 0.200 e. The Balaban J connectivity index is 1.94. The number of aryl methyl sites for hydroxylation is 1. The third-order valence-electron chi connectivity index (χ3n) is 3.22. The Morgan fingerprint density at radius 2 is 1.95 bits per heavy atom. The van der Waals surface area contributed by atoms with Gasteiger partial charge in [0.1, 0.15) is 5.82 Å². The number of rotatable bonds is 3. The van der Waals surface area contributed by atoms with Crippen LogP contribution in [-0.2, 0) is 23.6 Å². The lowest BCUT2D eigenvalue weighted by atomic mass is 10.2. The van der Waals surface area contributed by atoms with Crippen LogP contribution in [0.25, 0.3) is 11.0 Å². The van der Waals surface area contributed by atoms with Crippen molar-refractivity contribution in [1.29, 1.82) is 0 Å². The fourth-order valence-electron chi connectivity index (χ4n) is 2.15. The van der Waals surface area contributed by atoms with Gasteiger partial charge in [0.25, 0.3) is 0 Å². The van der Waals surface area contributed by atoms with Gasteiger partial charge >= 0.3 is 0 Å². The van der Waals surface area contributed by atoms with E-state index in [1.165, 1.54) is 12.1 Å². The van der Waals surface area contributed by atoms with E-state index in [4.69, 9.17) is 0 Å². The van der Waals surface area contributed by atoms with E-state index in [1.54, 1.807) is 17.7 Å². The van der Waals surface area contributed by atoms with Crippen LogP contribution >= 0.6 is 15.9 Å². The summed E-state index contributed by atoms with van der Waals surface area (Å²) in [6, 6.07) is 12.1. The third-order valence-corrected chi connectivity index (χ3v) is 5.11. The summed E-state index contributed by atoms with van der Waals surface area (Å²) in [4.78, 5) is 4.30. The summed E-state index contributed by atoms with van der Waals surface area (Å²) in [7, 11) is 0.516. The van der Waals surface area contributed by atoms with Gasteiger partial charge in [0.05, 0.1) is 27.6 Å². The van der Waals surface area contributed by atoms with Crippen LogP contribution in [0.2, 0.25) is 0 Å². The fourth-order valence-corrected chi connectivity index (χ4v) is 3.64. The molecule has 1 unspecified atom stereocenters. The van der Waals surface area contributed by atoms with Crippen molar-refractivity contribution in [2.24, 2.45) is 7.05 Å². The molecule has 1 atom stereocenters. The summed E-state index contributed by atoms with van der Waals surface area (Å²) in [6.45, 7) is 0. The molecular formula is C15H12BrFN2OS. The summed E-state index contributed by atoms with van der Waals surface area (Å²) in [5, 5.41) is 0.457. The van der Waals surface area contributed by atoms with Crippen molar-refractivity contribution in [3.63, 3.8) is 0 Å². The van der Waals surface area contributed by atoms with E-state index in [2.05, 4.69) is 20.9 Å². The molecule has 0 N–H and O–H groups in total. The topological polar surface area (TPSA) is 34.9 Å². The highest BCUT2D eigenvalue weighted by Gasteiger charge is 2.15. The summed E-state index contributed by atoms with van der Waals surface area (Å²) < 4.78 is 28.5. The summed E-state index contributed by atoms with van der Waals surface area (Å²) in [5.41, 5.74) is 2.27. The number of nitrogens with zero attached hydrogens (tertiary/aromatic N) is 2. The third kappa shape index (κ3) is 2.91. The molecule has 3 nitrogen and oxygen atoms in total. The molecule has 2 aromatic carbocycles. The first-order chi connectivity index (χ1) is 10.0. The van der Waals surface area contributed by atoms with Crippen LogP contribution in [0.1, 0.15) is 5.56 Å². The van der Waals surface area contributed by atoms with Gasteiger partial charge in [-0.15, -0.1) is 0 Å². The van der Waals surface area contributed by atoms with Crippen LogP contribution in [0.3, 0.4) is 0 Å².